The molecule has 0 aliphatic rings. The lowest BCUT2D eigenvalue weighted by Gasteiger charge is -2.05. The van der Waals surface area contributed by atoms with Gasteiger partial charge in [0.1, 0.15) is 5.75 Å². The van der Waals surface area contributed by atoms with E-state index in [1.807, 2.05) is 35.0 Å². The van der Waals surface area contributed by atoms with E-state index >= 15 is 0 Å². The first-order valence-corrected chi connectivity index (χ1v) is 6.96. The summed E-state index contributed by atoms with van der Waals surface area (Å²) in [5, 5.41) is 0. The van der Waals surface area contributed by atoms with Gasteiger partial charge in [-0.1, -0.05) is 0 Å². The van der Waals surface area contributed by atoms with Gasteiger partial charge in [-0.3, -0.25) is 0 Å². The maximum atomic E-state index is 5.95. The second-order valence-corrected chi connectivity index (χ2v) is 5.53. The van der Waals surface area contributed by atoms with Crippen LogP contribution >= 0.6 is 15.9 Å². The molecule has 3 aromatic rings. The molecule has 0 atom stereocenters. The summed E-state index contributed by atoms with van der Waals surface area (Å²) in [7, 11) is 1.61. The first-order valence-electron chi connectivity index (χ1n) is 6.17. The number of imidazole rings is 1. The number of ether oxygens (including phenoxy) is 1. The fourth-order valence-electron chi connectivity index (χ4n) is 2.22. The smallest absolute Gasteiger partial charge is 0.151 e. The number of fused-ring (bicyclic) bond motifs is 1. The second kappa shape index (κ2) is 4.83. The highest BCUT2D eigenvalue weighted by atomic mass is 79.9. The predicted octanol–water partition coefficient (Wildman–Crippen LogP) is 3.66. The van der Waals surface area contributed by atoms with Crippen LogP contribution in [0.25, 0.3) is 16.9 Å². The van der Waals surface area contributed by atoms with Crippen LogP contribution in [0.2, 0.25) is 0 Å². The van der Waals surface area contributed by atoms with Gasteiger partial charge in [0.15, 0.2) is 5.65 Å². The van der Waals surface area contributed by atoms with E-state index in [1.54, 1.807) is 7.11 Å². The summed E-state index contributed by atoms with van der Waals surface area (Å²) in [5.74, 6) is 0.675. The van der Waals surface area contributed by atoms with Crippen molar-refractivity contribution in [3.8, 4) is 17.0 Å². The lowest BCUT2D eigenvalue weighted by molar-refractivity contribution is 0.417. The van der Waals surface area contributed by atoms with Crippen molar-refractivity contribution in [3.05, 3.63) is 46.7 Å². The molecule has 2 N–H and O–H groups in total. The van der Waals surface area contributed by atoms with Crippen LogP contribution in [-0.2, 0) is 0 Å². The fraction of sp³-hybridized carbons (Fsp3) is 0.133. The zero-order valence-corrected chi connectivity index (χ0v) is 12.8. The van der Waals surface area contributed by atoms with E-state index in [4.69, 9.17) is 10.5 Å². The monoisotopic (exact) mass is 331 g/mol. The molecule has 0 unspecified atom stereocenters. The minimum Gasteiger partial charge on any atom is -0.495 e. The Balaban J connectivity index is 2.15. The van der Waals surface area contributed by atoms with Crippen molar-refractivity contribution in [1.82, 2.24) is 9.38 Å². The fourth-order valence-corrected chi connectivity index (χ4v) is 2.88. The Bertz CT molecular complexity index is 795. The van der Waals surface area contributed by atoms with Crippen molar-refractivity contribution in [1.29, 1.82) is 0 Å². The number of rotatable bonds is 2. The molecule has 3 rings (SSSR count). The molecule has 1 aromatic carbocycles. The summed E-state index contributed by atoms with van der Waals surface area (Å²) in [6.45, 7) is 2.05. The second-order valence-electron chi connectivity index (χ2n) is 4.68. The van der Waals surface area contributed by atoms with E-state index in [9.17, 15) is 0 Å². The highest BCUT2D eigenvalue weighted by Gasteiger charge is 2.09. The van der Waals surface area contributed by atoms with Crippen LogP contribution in [0.1, 0.15) is 5.56 Å². The molecule has 0 saturated heterocycles. The molecule has 4 nitrogen and oxygen atoms in total. The molecule has 0 amide bonds. The van der Waals surface area contributed by atoms with Gasteiger partial charge in [-0.25, -0.2) is 4.98 Å². The van der Waals surface area contributed by atoms with Gasteiger partial charge in [0.25, 0.3) is 0 Å². The summed E-state index contributed by atoms with van der Waals surface area (Å²) in [4.78, 5) is 4.64. The molecule has 102 valence electrons. The number of pyridine rings is 1. The minimum atomic E-state index is 0.609. The molecule has 0 spiro atoms. The van der Waals surface area contributed by atoms with Crippen molar-refractivity contribution in [2.75, 3.05) is 12.8 Å². The number of nitrogen functional groups attached to an aromatic ring is 1. The third kappa shape index (κ3) is 2.14. The molecule has 2 aromatic heterocycles. The minimum absolute atomic E-state index is 0.609. The van der Waals surface area contributed by atoms with Gasteiger partial charge in [0, 0.05) is 18.0 Å². The van der Waals surface area contributed by atoms with Crippen molar-refractivity contribution in [3.63, 3.8) is 0 Å². The topological polar surface area (TPSA) is 52.5 Å². The van der Waals surface area contributed by atoms with Crippen LogP contribution in [0, 0.1) is 6.92 Å². The van der Waals surface area contributed by atoms with Crippen LogP contribution < -0.4 is 10.5 Å². The lowest BCUT2D eigenvalue weighted by atomic mass is 10.1. The van der Waals surface area contributed by atoms with Gasteiger partial charge < -0.3 is 14.9 Å². The van der Waals surface area contributed by atoms with Crippen LogP contribution in [0.4, 0.5) is 5.69 Å². The highest BCUT2D eigenvalue weighted by Crippen LogP contribution is 2.29. The molecule has 0 radical (unpaired) electrons. The Morgan fingerprint density at radius 3 is 2.75 bits per heavy atom. The molecule has 0 aliphatic carbocycles. The summed E-state index contributed by atoms with van der Waals surface area (Å²) < 4.78 is 8.16. The lowest BCUT2D eigenvalue weighted by Crippen LogP contribution is -1.92. The van der Waals surface area contributed by atoms with Gasteiger partial charge >= 0.3 is 0 Å². The predicted molar refractivity (Wildman–Crippen MR) is 84.0 cm³/mol. The normalized spacial score (nSPS) is 10.9. The largest absolute Gasteiger partial charge is 0.495 e. The molecule has 0 fully saturated rings. The number of hydrogen-bond donors (Lipinski definition) is 1. The van der Waals surface area contributed by atoms with Crippen molar-refractivity contribution >= 4 is 27.3 Å². The van der Waals surface area contributed by atoms with Crippen molar-refractivity contribution in [2.45, 2.75) is 6.92 Å². The maximum absolute atomic E-state index is 5.95. The van der Waals surface area contributed by atoms with E-state index in [0.717, 1.165) is 21.4 Å². The molecule has 0 bridgehead atoms. The Morgan fingerprint density at radius 1 is 1.25 bits per heavy atom. The van der Waals surface area contributed by atoms with E-state index < -0.39 is 0 Å². The quantitative estimate of drug-likeness (QED) is 0.729. The van der Waals surface area contributed by atoms with Crippen LogP contribution in [0.15, 0.2) is 41.1 Å². The van der Waals surface area contributed by atoms with Gasteiger partial charge in [0.05, 0.1) is 23.0 Å². The summed E-state index contributed by atoms with van der Waals surface area (Å²) >= 11 is 3.54. The van der Waals surface area contributed by atoms with Gasteiger partial charge in [-0.2, -0.15) is 0 Å². The number of methoxy groups -OCH3 is 1. The molecular weight excluding hydrogens is 318 g/mol. The SMILES string of the molecule is COc1ccc(-c2cn3cc(C)cc(Br)c3n2)cc1N. The summed E-state index contributed by atoms with van der Waals surface area (Å²) in [6, 6.07) is 7.74. The number of nitrogens with zero attached hydrogens (tertiary/aromatic N) is 2. The summed E-state index contributed by atoms with van der Waals surface area (Å²) in [6.07, 6.45) is 4.04. The number of hydrogen-bond acceptors (Lipinski definition) is 3. The number of aryl methyl sites for hydroxylation is 1. The van der Waals surface area contributed by atoms with Crippen LogP contribution in [-0.4, -0.2) is 16.5 Å². The zero-order chi connectivity index (χ0) is 14.3. The van der Waals surface area contributed by atoms with Crippen LogP contribution in [0.3, 0.4) is 0 Å². The molecule has 5 heteroatoms. The molecule has 0 saturated carbocycles. The van der Waals surface area contributed by atoms with Crippen molar-refractivity contribution < 1.29 is 4.74 Å². The standard InChI is InChI=1S/C15H14BrN3O/c1-9-5-11(16)15-18-13(8-19(15)7-9)10-3-4-14(20-2)12(17)6-10/h3-8H,17H2,1-2H3. The zero-order valence-electron chi connectivity index (χ0n) is 11.2. The molecular formula is C15H14BrN3O. The molecule has 2 heterocycles. The average molecular weight is 332 g/mol. The third-order valence-electron chi connectivity index (χ3n) is 3.17. The van der Waals surface area contributed by atoms with Gasteiger partial charge in [0.2, 0.25) is 0 Å². The van der Waals surface area contributed by atoms with E-state index in [-0.39, 0.29) is 0 Å². The third-order valence-corrected chi connectivity index (χ3v) is 3.75. The van der Waals surface area contributed by atoms with E-state index in [2.05, 4.69) is 33.9 Å². The summed E-state index contributed by atoms with van der Waals surface area (Å²) in [5.41, 5.74) is 10.5. The number of anilines is 1. The highest BCUT2D eigenvalue weighted by molar-refractivity contribution is 9.10. The number of aromatic nitrogens is 2. The molecule has 20 heavy (non-hydrogen) atoms. The Labute approximate surface area is 125 Å². The average Bonchev–Trinajstić information content (AvgIpc) is 2.82. The van der Waals surface area contributed by atoms with Gasteiger partial charge in [-0.05, 0) is 52.7 Å². The Morgan fingerprint density at radius 2 is 2.05 bits per heavy atom. The van der Waals surface area contributed by atoms with Gasteiger partial charge in [-0.15, -0.1) is 0 Å². The number of benzene rings is 1. The van der Waals surface area contributed by atoms with E-state index in [0.29, 0.717) is 11.4 Å². The maximum Gasteiger partial charge on any atom is 0.151 e. The first-order chi connectivity index (χ1) is 9.58. The van der Waals surface area contributed by atoms with E-state index in [1.165, 1.54) is 5.56 Å². The molecule has 0 aliphatic heterocycles. The number of halogens is 1. The Kier molecular flexibility index (Phi) is 3.14. The number of nitrogens with two attached hydrogens (primary N) is 1. The Hall–Kier alpha value is -2.01. The van der Waals surface area contributed by atoms with Crippen LogP contribution in [0.5, 0.6) is 5.75 Å². The first kappa shape index (κ1) is 13.0. The van der Waals surface area contributed by atoms with Crippen molar-refractivity contribution in [2.24, 2.45) is 0 Å².